The summed E-state index contributed by atoms with van der Waals surface area (Å²) >= 11 is 0. The van der Waals surface area contributed by atoms with Crippen LogP contribution in [0.15, 0.2) is 36.0 Å². The maximum absolute atomic E-state index is 12.8. The van der Waals surface area contributed by atoms with E-state index in [1.165, 1.54) is 109 Å². The van der Waals surface area contributed by atoms with Gasteiger partial charge in [-0.05, 0) is 130 Å². The fraction of sp³-hybridized carbons (Fsp3) is 0.844. The Hall–Kier alpha value is -1.39. The first-order chi connectivity index (χ1) is 23.7. The lowest BCUT2D eigenvalue weighted by atomic mass is 9.47. The molecule has 0 radical (unpaired) electrons. The summed E-state index contributed by atoms with van der Waals surface area (Å²) in [7, 11) is 0. The van der Waals surface area contributed by atoms with E-state index in [0.29, 0.717) is 17.3 Å². The molecule has 2 N–H and O–H groups in total. The van der Waals surface area contributed by atoms with Gasteiger partial charge in [0.2, 0.25) is 0 Å². The van der Waals surface area contributed by atoms with Gasteiger partial charge in [0, 0.05) is 12.8 Å². The molecule has 0 saturated heterocycles. The molecular formula is C45H78O4. The van der Waals surface area contributed by atoms with Gasteiger partial charge >= 0.3 is 5.97 Å². The lowest BCUT2D eigenvalue weighted by molar-refractivity contribution is -0.176. The van der Waals surface area contributed by atoms with Crippen molar-refractivity contribution in [2.24, 2.45) is 46.3 Å². The first-order valence-electron chi connectivity index (χ1n) is 21.1. The van der Waals surface area contributed by atoms with E-state index in [0.717, 1.165) is 67.6 Å². The average molecular weight is 683 g/mol. The third-order valence-electron chi connectivity index (χ3n) is 13.9. The Kier molecular flexibility index (Phi) is 18.7. The first kappa shape index (κ1) is 42.0. The minimum atomic E-state index is 0.0477. The standard InChI is InChI=1S/C45H76O2.H2O2/c1-7-8-9-10-11-12-13-14-15-16-17-18-19-20-21-25-43(46)47-38-30-32-44(5)37(34-38)26-27-39-41-29-28-40(36(4)24-22-23-35(2)3)45(41,6)33-31-42(39)44;1-2/h11-12,14-15,26,35-36,38-42H,7-10,13,16-25,27-34H2,1-6H3;1-2H/b12-11-,15-14-;/t36-,38+,39+,40-,41+,42+,44+,45-;/m1./s1. The highest BCUT2D eigenvalue weighted by Gasteiger charge is 2.59. The second-order valence-electron chi connectivity index (χ2n) is 17.6. The van der Waals surface area contributed by atoms with Crippen LogP contribution in [0.3, 0.4) is 0 Å². The summed E-state index contributed by atoms with van der Waals surface area (Å²) in [5, 5.41) is 12.0. The zero-order chi connectivity index (χ0) is 35.7. The lowest BCUT2D eigenvalue weighted by Gasteiger charge is -2.58. The molecule has 0 aromatic rings. The predicted molar refractivity (Wildman–Crippen MR) is 208 cm³/mol. The third-order valence-corrected chi connectivity index (χ3v) is 13.9. The van der Waals surface area contributed by atoms with Crippen LogP contribution < -0.4 is 0 Å². The van der Waals surface area contributed by atoms with Gasteiger partial charge in [0.1, 0.15) is 6.10 Å². The van der Waals surface area contributed by atoms with Gasteiger partial charge in [-0.1, -0.05) is 129 Å². The van der Waals surface area contributed by atoms with Gasteiger partial charge in [-0.3, -0.25) is 15.3 Å². The highest BCUT2D eigenvalue weighted by molar-refractivity contribution is 5.69. The Labute approximate surface area is 303 Å². The molecule has 0 aromatic carbocycles. The fourth-order valence-electron chi connectivity index (χ4n) is 11.1. The van der Waals surface area contributed by atoms with Crippen LogP contribution in [0.5, 0.6) is 0 Å². The van der Waals surface area contributed by atoms with Crippen molar-refractivity contribution in [2.45, 2.75) is 195 Å². The minimum Gasteiger partial charge on any atom is -0.462 e. The van der Waals surface area contributed by atoms with Crippen molar-refractivity contribution >= 4 is 5.97 Å². The van der Waals surface area contributed by atoms with Gasteiger partial charge < -0.3 is 4.74 Å². The van der Waals surface area contributed by atoms with E-state index in [2.05, 4.69) is 71.9 Å². The zero-order valence-corrected chi connectivity index (χ0v) is 32.9. The molecule has 0 amide bonds. The SMILES string of the molecule is CCCCC/C=C\C/C=C\CCCCCCCC(=O)O[C@H]1CC[C@@]2(C)C(=CC[C@H]3[C@@H]4CC[C@H]([C@H](C)CCCC(C)C)[C@@]4(C)CC[C@@H]32)C1.OO. The van der Waals surface area contributed by atoms with E-state index in [-0.39, 0.29) is 12.1 Å². The van der Waals surface area contributed by atoms with Crippen molar-refractivity contribution in [2.75, 3.05) is 0 Å². The molecule has 4 aliphatic rings. The summed E-state index contributed by atoms with van der Waals surface area (Å²) in [6, 6.07) is 0. The molecule has 4 nitrogen and oxygen atoms in total. The molecule has 0 unspecified atom stereocenters. The number of fused-ring (bicyclic) bond motifs is 5. The number of carbonyl (C=O) groups is 1. The number of ether oxygens (including phenoxy) is 1. The maximum Gasteiger partial charge on any atom is 0.306 e. The summed E-state index contributed by atoms with van der Waals surface area (Å²) < 4.78 is 6.12. The molecule has 4 rings (SSSR count). The predicted octanol–water partition coefficient (Wildman–Crippen LogP) is 13.8. The molecule has 0 heterocycles. The monoisotopic (exact) mass is 683 g/mol. The van der Waals surface area contributed by atoms with Gasteiger partial charge in [0.25, 0.3) is 0 Å². The molecule has 3 saturated carbocycles. The molecule has 4 aliphatic carbocycles. The number of unbranched alkanes of at least 4 members (excludes halogenated alkanes) is 8. The van der Waals surface area contributed by atoms with Crippen molar-refractivity contribution in [3.63, 3.8) is 0 Å². The Morgan fingerprint density at radius 2 is 1.53 bits per heavy atom. The van der Waals surface area contributed by atoms with Crippen LogP contribution in [0.1, 0.15) is 189 Å². The van der Waals surface area contributed by atoms with Gasteiger partial charge in [0.15, 0.2) is 0 Å². The van der Waals surface area contributed by atoms with Crippen LogP contribution >= 0.6 is 0 Å². The Morgan fingerprint density at radius 1 is 0.837 bits per heavy atom. The number of hydrogen-bond acceptors (Lipinski definition) is 4. The van der Waals surface area contributed by atoms with Crippen LogP contribution in [0.4, 0.5) is 0 Å². The Balaban J connectivity index is 0.00000319. The molecule has 282 valence electrons. The van der Waals surface area contributed by atoms with E-state index in [1.54, 1.807) is 5.57 Å². The Morgan fingerprint density at radius 3 is 2.24 bits per heavy atom. The van der Waals surface area contributed by atoms with Crippen molar-refractivity contribution in [3.8, 4) is 0 Å². The van der Waals surface area contributed by atoms with Crippen LogP contribution in [0.25, 0.3) is 0 Å². The van der Waals surface area contributed by atoms with Gasteiger partial charge in [0.05, 0.1) is 0 Å². The molecule has 8 atom stereocenters. The second kappa shape index (κ2) is 21.9. The largest absolute Gasteiger partial charge is 0.462 e. The van der Waals surface area contributed by atoms with Crippen molar-refractivity contribution in [1.29, 1.82) is 0 Å². The smallest absolute Gasteiger partial charge is 0.306 e. The first-order valence-corrected chi connectivity index (χ1v) is 21.1. The minimum absolute atomic E-state index is 0.0477. The number of allylic oxidation sites excluding steroid dienone is 5. The van der Waals surface area contributed by atoms with Gasteiger partial charge in [-0.2, -0.15) is 0 Å². The van der Waals surface area contributed by atoms with Crippen molar-refractivity contribution in [3.05, 3.63) is 36.0 Å². The number of esters is 1. The summed E-state index contributed by atoms with van der Waals surface area (Å²) in [6.07, 6.45) is 40.5. The zero-order valence-electron chi connectivity index (χ0n) is 32.9. The second-order valence-corrected chi connectivity index (χ2v) is 17.6. The lowest BCUT2D eigenvalue weighted by Crippen LogP contribution is -2.51. The summed E-state index contributed by atoms with van der Waals surface area (Å²) in [5.41, 5.74) is 2.52. The highest BCUT2D eigenvalue weighted by Crippen LogP contribution is 2.67. The topological polar surface area (TPSA) is 66.8 Å². The molecule has 49 heavy (non-hydrogen) atoms. The molecule has 0 bridgehead atoms. The quantitative estimate of drug-likeness (QED) is 0.0441. The van der Waals surface area contributed by atoms with E-state index >= 15 is 0 Å². The van der Waals surface area contributed by atoms with Crippen molar-refractivity contribution < 1.29 is 20.0 Å². The average Bonchev–Trinajstić information content (AvgIpc) is 3.44. The molecule has 4 heteroatoms. The maximum atomic E-state index is 12.8. The molecule has 0 aromatic heterocycles. The van der Waals surface area contributed by atoms with E-state index < -0.39 is 0 Å². The number of hydrogen-bond donors (Lipinski definition) is 2. The summed E-state index contributed by atoms with van der Waals surface area (Å²) in [6.45, 7) is 14.9. The Bertz CT molecular complexity index is 1030. The molecular weight excluding hydrogens is 604 g/mol. The van der Waals surface area contributed by atoms with E-state index in [9.17, 15) is 4.79 Å². The van der Waals surface area contributed by atoms with Gasteiger partial charge in [-0.15, -0.1) is 0 Å². The van der Waals surface area contributed by atoms with Crippen molar-refractivity contribution in [1.82, 2.24) is 0 Å². The summed E-state index contributed by atoms with van der Waals surface area (Å²) in [4.78, 5) is 12.8. The number of rotatable bonds is 20. The molecule has 3 fully saturated rings. The van der Waals surface area contributed by atoms with E-state index in [4.69, 9.17) is 15.3 Å². The fourth-order valence-corrected chi connectivity index (χ4v) is 11.1. The van der Waals surface area contributed by atoms with Gasteiger partial charge in [-0.25, -0.2) is 0 Å². The van der Waals surface area contributed by atoms with Crippen LogP contribution in [0, 0.1) is 46.3 Å². The molecule has 0 spiro atoms. The van der Waals surface area contributed by atoms with Crippen LogP contribution in [-0.2, 0) is 9.53 Å². The van der Waals surface area contributed by atoms with E-state index in [1.807, 2.05) is 0 Å². The molecule has 0 aliphatic heterocycles. The number of carbonyl (C=O) groups excluding carboxylic acids is 1. The highest BCUT2D eigenvalue weighted by atomic mass is 17.0. The van der Waals surface area contributed by atoms with Crippen LogP contribution in [-0.4, -0.2) is 22.6 Å². The normalized spacial score (nSPS) is 31.5. The third kappa shape index (κ3) is 12.1. The van der Waals surface area contributed by atoms with Crippen LogP contribution in [0.2, 0.25) is 0 Å². The summed E-state index contributed by atoms with van der Waals surface area (Å²) in [5.74, 6) is 5.30.